The van der Waals surface area contributed by atoms with Crippen molar-refractivity contribution in [2.45, 2.75) is 20.4 Å². The number of aliphatic hydroxyl groups is 1. The maximum atomic E-state index is 12.0. The van der Waals surface area contributed by atoms with Crippen molar-refractivity contribution < 1.29 is 14.3 Å². The second kappa shape index (κ2) is 5.90. The fourth-order valence-electron chi connectivity index (χ4n) is 4.17. The number of aryl methyl sites for hydroxylation is 2. The number of piperidine rings is 1. The van der Waals surface area contributed by atoms with Gasteiger partial charge in [-0.1, -0.05) is 11.6 Å². The van der Waals surface area contributed by atoms with Crippen LogP contribution in [0, 0.1) is 31.6 Å². The summed E-state index contributed by atoms with van der Waals surface area (Å²) < 4.78 is 6.04. The summed E-state index contributed by atoms with van der Waals surface area (Å²) in [5, 5.41) is 12.8. The van der Waals surface area contributed by atoms with E-state index in [-0.39, 0.29) is 18.4 Å². The van der Waals surface area contributed by atoms with Gasteiger partial charge in [-0.25, -0.2) is 0 Å². The van der Waals surface area contributed by atoms with Crippen LogP contribution in [-0.2, 0) is 11.3 Å². The number of nitrogens with one attached hydrogen (secondary N) is 1. The Bertz CT molecular complexity index is 770. The maximum absolute atomic E-state index is 12.0. The molecular weight excluding hydrogens is 304 g/mol. The number of hydrogen-bond acceptors (Lipinski definition) is 4. The Morgan fingerprint density at radius 1 is 1.33 bits per heavy atom. The third kappa shape index (κ3) is 2.62. The molecule has 1 aromatic heterocycles. The van der Waals surface area contributed by atoms with Gasteiger partial charge in [-0.3, -0.25) is 9.69 Å². The van der Waals surface area contributed by atoms with Gasteiger partial charge in [0.2, 0.25) is 5.91 Å². The molecule has 2 fully saturated rings. The van der Waals surface area contributed by atoms with Gasteiger partial charge in [0.25, 0.3) is 0 Å². The van der Waals surface area contributed by atoms with Gasteiger partial charge in [0.15, 0.2) is 0 Å². The summed E-state index contributed by atoms with van der Waals surface area (Å²) in [5.41, 5.74) is 3.43. The molecule has 0 spiro atoms. The molecule has 2 unspecified atom stereocenters. The van der Waals surface area contributed by atoms with E-state index in [1.54, 1.807) is 0 Å². The lowest BCUT2D eigenvalue weighted by Gasteiger charge is -2.18. The zero-order valence-electron chi connectivity index (χ0n) is 14.2. The third-order valence-electron chi connectivity index (χ3n) is 5.54. The molecule has 1 aromatic carbocycles. The quantitative estimate of drug-likeness (QED) is 0.879. The van der Waals surface area contributed by atoms with E-state index < -0.39 is 0 Å². The van der Waals surface area contributed by atoms with Crippen LogP contribution < -0.4 is 5.32 Å². The summed E-state index contributed by atoms with van der Waals surface area (Å²) in [7, 11) is 0. The number of aliphatic hydroxyl groups excluding tert-OH is 1. The average Bonchev–Trinajstić information content (AvgIpc) is 2.92. The SMILES string of the molecule is Cc1ccc2oc(CN3CC4C(C3)C4C(=O)NCCO)c(C)c2c1. The standard InChI is InChI=1S/C19H24N2O3/c1-11-3-4-16-13(7-11)12(2)17(24-16)10-21-8-14-15(9-21)18(14)19(23)20-5-6-22/h3-4,7,14-15,18,22H,5-6,8-10H2,1-2H3,(H,20,23). The second-order valence-electron chi connectivity index (χ2n) is 7.21. The van der Waals surface area contributed by atoms with Crippen LogP contribution in [0.5, 0.6) is 0 Å². The lowest BCUT2D eigenvalue weighted by Crippen LogP contribution is -2.33. The molecule has 2 aliphatic rings. The summed E-state index contributed by atoms with van der Waals surface area (Å²) in [6.45, 7) is 7.32. The third-order valence-corrected chi connectivity index (χ3v) is 5.54. The molecule has 2 N–H and O–H groups in total. The van der Waals surface area contributed by atoms with E-state index in [0.717, 1.165) is 31.0 Å². The molecule has 5 nitrogen and oxygen atoms in total. The van der Waals surface area contributed by atoms with Crippen LogP contribution in [0.25, 0.3) is 11.0 Å². The van der Waals surface area contributed by atoms with Crippen molar-refractivity contribution in [2.75, 3.05) is 26.2 Å². The van der Waals surface area contributed by atoms with E-state index >= 15 is 0 Å². The Kier molecular flexibility index (Phi) is 3.85. The Hall–Kier alpha value is -1.85. The first-order valence-corrected chi connectivity index (χ1v) is 8.68. The topological polar surface area (TPSA) is 65.7 Å². The molecule has 2 heterocycles. The Morgan fingerprint density at radius 2 is 2.08 bits per heavy atom. The summed E-state index contributed by atoms with van der Waals surface area (Å²) in [6.07, 6.45) is 0. The number of likely N-dealkylation sites (tertiary alicyclic amines) is 1. The zero-order valence-corrected chi connectivity index (χ0v) is 14.2. The molecule has 4 rings (SSSR count). The predicted octanol–water partition coefficient (Wildman–Crippen LogP) is 1.84. The van der Waals surface area contributed by atoms with Gasteiger partial charge >= 0.3 is 0 Å². The van der Waals surface area contributed by atoms with Gasteiger partial charge in [-0.2, -0.15) is 0 Å². The highest BCUT2D eigenvalue weighted by molar-refractivity contribution is 5.83. The van der Waals surface area contributed by atoms with Crippen LogP contribution in [0.2, 0.25) is 0 Å². The summed E-state index contributed by atoms with van der Waals surface area (Å²) in [4.78, 5) is 14.4. The Labute approximate surface area is 141 Å². The summed E-state index contributed by atoms with van der Waals surface area (Å²) in [6, 6.07) is 6.31. The van der Waals surface area contributed by atoms with Crippen molar-refractivity contribution in [1.29, 1.82) is 0 Å². The molecule has 2 aromatic rings. The number of amides is 1. The van der Waals surface area contributed by atoms with E-state index in [1.165, 1.54) is 16.5 Å². The number of furan rings is 1. The molecule has 1 saturated heterocycles. The first-order valence-electron chi connectivity index (χ1n) is 8.68. The number of carbonyl (C=O) groups excluding carboxylic acids is 1. The van der Waals surface area contributed by atoms with Crippen LogP contribution >= 0.6 is 0 Å². The van der Waals surface area contributed by atoms with Gasteiger partial charge in [0.05, 0.1) is 13.2 Å². The Balaban J connectivity index is 1.39. The van der Waals surface area contributed by atoms with Crippen LogP contribution in [0.1, 0.15) is 16.9 Å². The second-order valence-corrected chi connectivity index (χ2v) is 7.21. The maximum Gasteiger partial charge on any atom is 0.223 e. The van der Waals surface area contributed by atoms with Crippen molar-refractivity contribution in [3.05, 3.63) is 35.1 Å². The van der Waals surface area contributed by atoms with Gasteiger partial charge < -0.3 is 14.8 Å². The minimum atomic E-state index is 0.00468. The minimum Gasteiger partial charge on any atom is -0.459 e. The van der Waals surface area contributed by atoms with E-state index in [9.17, 15) is 4.79 Å². The fourth-order valence-corrected chi connectivity index (χ4v) is 4.17. The Morgan fingerprint density at radius 3 is 2.79 bits per heavy atom. The first kappa shape index (κ1) is 15.7. The van der Waals surface area contributed by atoms with Crippen molar-refractivity contribution in [1.82, 2.24) is 10.2 Å². The van der Waals surface area contributed by atoms with E-state index in [1.807, 2.05) is 6.07 Å². The molecule has 1 aliphatic carbocycles. The lowest BCUT2D eigenvalue weighted by atomic mass is 10.1. The molecule has 1 aliphatic heterocycles. The van der Waals surface area contributed by atoms with Crippen molar-refractivity contribution >= 4 is 16.9 Å². The number of rotatable bonds is 5. The van der Waals surface area contributed by atoms with Crippen LogP contribution in [-0.4, -0.2) is 42.2 Å². The van der Waals surface area contributed by atoms with Crippen LogP contribution in [0.3, 0.4) is 0 Å². The highest BCUT2D eigenvalue weighted by Gasteiger charge is 2.59. The highest BCUT2D eigenvalue weighted by Crippen LogP contribution is 2.52. The van der Waals surface area contributed by atoms with Crippen molar-refractivity contribution in [3.63, 3.8) is 0 Å². The number of hydrogen-bond donors (Lipinski definition) is 2. The number of fused-ring (bicyclic) bond motifs is 2. The molecule has 24 heavy (non-hydrogen) atoms. The van der Waals surface area contributed by atoms with E-state index in [0.29, 0.717) is 18.4 Å². The minimum absolute atomic E-state index is 0.00468. The van der Waals surface area contributed by atoms with E-state index in [4.69, 9.17) is 9.52 Å². The normalized spacial score (nSPS) is 25.9. The molecule has 1 amide bonds. The van der Waals surface area contributed by atoms with Gasteiger partial charge in [-0.05, 0) is 43.4 Å². The fraction of sp³-hybridized carbons (Fsp3) is 0.526. The number of carbonyl (C=O) groups is 1. The number of benzene rings is 1. The summed E-state index contributed by atoms with van der Waals surface area (Å²) in [5.74, 6) is 2.23. The van der Waals surface area contributed by atoms with Gasteiger partial charge in [0.1, 0.15) is 11.3 Å². The molecule has 2 atom stereocenters. The van der Waals surface area contributed by atoms with Crippen molar-refractivity contribution in [2.24, 2.45) is 17.8 Å². The smallest absolute Gasteiger partial charge is 0.223 e. The molecule has 128 valence electrons. The number of nitrogens with zero attached hydrogens (tertiary/aromatic N) is 1. The molecule has 5 heteroatoms. The predicted molar refractivity (Wildman–Crippen MR) is 91.5 cm³/mol. The largest absolute Gasteiger partial charge is 0.459 e. The van der Waals surface area contributed by atoms with Gasteiger partial charge in [0, 0.05) is 30.9 Å². The first-order chi connectivity index (χ1) is 11.6. The summed E-state index contributed by atoms with van der Waals surface area (Å²) >= 11 is 0. The van der Waals surface area contributed by atoms with Gasteiger partial charge in [-0.15, -0.1) is 0 Å². The monoisotopic (exact) mass is 328 g/mol. The van der Waals surface area contributed by atoms with Crippen molar-refractivity contribution in [3.8, 4) is 0 Å². The average molecular weight is 328 g/mol. The van der Waals surface area contributed by atoms with Crippen LogP contribution in [0.15, 0.2) is 22.6 Å². The zero-order chi connectivity index (χ0) is 16.8. The van der Waals surface area contributed by atoms with E-state index in [2.05, 4.69) is 36.2 Å². The lowest BCUT2D eigenvalue weighted by molar-refractivity contribution is -0.123. The molecule has 0 radical (unpaired) electrons. The highest BCUT2D eigenvalue weighted by atomic mass is 16.3. The molecular formula is C19H24N2O3. The molecule has 1 saturated carbocycles. The van der Waals surface area contributed by atoms with Crippen LogP contribution in [0.4, 0.5) is 0 Å². The molecule has 0 bridgehead atoms.